The van der Waals surface area contributed by atoms with Gasteiger partial charge >= 0.3 is 0 Å². The second kappa shape index (κ2) is 8.53. The number of aliphatic hydroxyl groups excluding tert-OH is 1. The van der Waals surface area contributed by atoms with Crippen LogP contribution in [0.2, 0.25) is 5.02 Å². The van der Waals surface area contributed by atoms with E-state index in [9.17, 15) is 8.42 Å². The van der Waals surface area contributed by atoms with Gasteiger partial charge in [-0.25, -0.2) is 17.7 Å². The van der Waals surface area contributed by atoms with Gasteiger partial charge in [-0.3, -0.25) is 0 Å². The van der Waals surface area contributed by atoms with E-state index in [1.54, 1.807) is 0 Å². The monoisotopic (exact) mass is 335 g/mol. The van der Waals surface area contributed by atoms with Crippen LogP contribution >= 0.6 is 11.6 Å². The van der Waals surface area contributed by atoms with E-state index in [2.05, 4.69) is 10.3 Å². The van der Waals surface area contributed by atoms with Crippen LogP contribution in [0.5, 0.6) is 0 Å². The minimum atomic E-state index is -3.58. The summed E-state index contributed by atoms with van der Waals surface area (Å²) >= 11 is 6.03. The summed E-state index contributed by atoms with van der Waals surface area (Å²) in [5.74, 6) is 0.476. The lowest BCUT2D eigenvalue weighted by molar-refractivity contribution is 0.281. The van der Waals surface area contributed by atoms with Crippen LogP contribution in [0.3, 0.4) is 0 Å². The van der Waals surface area contributed by atoms with Crippen LogP contribution in [-0.2, 0) is 10.0 Å². The van der Waals surface area contributed by atoms with Gasteiger partial charge in [0.2, 0.25) is 10.0 Å². The first kappa shape index (κ1) is 18.2. The number of unbranched alkanes of at least 4 members (excludes halogenated alkanes) is 2. The molecule has 0 saturated carbocycles. The smallest absolute Gasteiger partial charge is 0.244 e. The van der Waals surface area contributed by atoms with Crippen molar-refractivity contribution < 1.29 is 13.5 Å². The van der Waals surface area contributed by atoms with Gasteiger partial charge in [0.15, 0.2) is 0 Å². The number of sulfonamides is 1. The lowest BCUT2D eigenvalue weighted by Gasteiger charge is -2.17. The van der Waals surface area contributed by atoms with E-state index < -0.39 is 10.0 Å². The zero-order chi connectivity index (χ0) is 15.9. The SMILES string of the molecule is CCNc1ncc(S(=O)(=O)N(C)CCCCCO)cc1Cl. The molecule has 0 atom stereocenters. The number of hydrogen-bond donors (Lipinski definition) is 2. The average molecular weight is 336 g/mol. The molecule has 8 heteroatoms. The van der Waals surface area contributed by atoms with Gasteiger partial charge in [-0.05, 0) is 32.3 Å². The molecule has 1 aromatic rings. The average Bonchev–Trinajstić information content (AvgIpc) is 2.45. The molecule has 0 aliphatic rings. The lowest BCUT2D eigenvalue weighted by Crippen LogP contribution is -2.28. The Morgan fingerprint density at radius 1 is 1.38 bits per heavy atom. The molecular weight excluding hydrogens is 314 g/mol. The van der Waals surface area contributed by atoms with Crippen molar-refractivity contribution in [3.05, 3.63) is 17.3 Å². The van der Waals surface area contributed by atoms with Crippen molar-refractivity contribution in [1.82, 2.24) is 9.29 Å². The maximum Gasteiger partial charge on any atom is 0.244 e. The van der Waals surface area contributed by atoms with E-state index in [0.29, 0.717) is 31.7 Å². The highest BCUT2D eigenvalue weighted by atomic mass is 35.5. The van der Waals surface area contributed by atoms with Crippen molar-refractivity contribution in [2.24, 2.45) is 0 Å². The van der Waals surface area contributed by atoms with E-state index in [1.165, 1.54) is 23.6 Å². The van der Waals surface area contributed by atoms with Crippen LogP contribution in [-0.4, -0.2) is 49.6 Å². The summed E-state index contributed by atoms with van der Waals surface area (Å²) in [5.41, 5.74) is 0. The first-order valence-electron chi connectivity index (χ1n) is 6.90. The van der Waals surface area contributed by atoms with Crippen molar-refractivity contribution in [3.63, 3.8) is 0 Å². The predicted octanol–water partition coefficient (Wildman–Crippen LogP) is 1.95. The van der Waals surface area contributed by atoms with Crippen LogP contribution in [0.4, 0.5) is 5.82 Å². The molecule has 6 nitrogen and oxygen atoms in total. The first-order chi connectivity index (χ1) is 9.93. The Kier molecular flexibility index (Phi) is 7.37. The summed E-state index contributed by atoms with van der Waals surface area (Å²) in [7, 11) is -2.06. The van der Waals surface area contributed by atoms with E-state index >= 15 is 0 Å². The fourth-order valence-corrected chi connectivity index (χ4v) is 3.26. The molecule has 0 radical (unpaired) electrons. The van der Waals surface area contributed by atoms with Crippen LogP contribution in [0.25, 0.3) is 0 Å². The summed E-state index contributed by atoms with van der Waals surface area (Å²) in [6.07, 6.45) is 3.48. The molecule has 2 N–H and O–H groups in total. The van der Waals surface area contributed by atoms with Gasteiger partial charge in [-0.1, -0.05) is 11.6 Å². The fraction of sp³-hybridized carbons (Fsp3) is 0.615. The highest BCUT2D eigenvalue weighted by Crippen LogP contribution is 2.24. The Morgan fingerprint density at radius 2 is 2.10 bits per heavy atom. The molecule has 1 aromatic heterocycles. The molecule has 0 amide bonds. The Morgan fingerprint density at radius 3 is 2.67 bits per heavy atom. The van der Waals surface area contributed by atoms with Gasteiger partial charge in [-0.2, -0.15) is 0 Å². The van der Waals surface area contributed by atoms with Gasteiger partial charge in [-0.15, -0.1) is 0 Å². The van der Waals surface area contributed by atoms with Crippen molar-refractivity contribution in [3.8, 4) is 0 Å². The number of aliphatic hydroxyl groups is 1. The Hall–Kier alpha value is -0.890. The van der Waals surface area contributed by atoms with Gasteiger partial charge in [0.25, 0.3) is 0 Å². The second-order valence-corrected chi connectivity index (χ2v) is 7.09. The number of nitrogens with zero attached hydrogens (tertiary/aromatic N) is 2. The van der Waals surface area contributed by atoms with E-state index in [4.69, 9.17) is 16.7 Å². The second-order valence-electron chi connectivity index (χ2n) is 4.64. The molecule has 0 bridgehead atoms. The molecule has 0 aliphatic heterocycles. The summed E-state index contributed by atoms with van der Waals surface area (Å²) in [6.45, 7) is 3.09. The molecule has 0 aromatic carbocycles. The zero-order valence-electron chi connectivity index (χ0n) is 12.3. The van der Waals surface area contributed by atoms with Crippen molar-refractivity contribution >= 4 is 27.4 Å². The normalized spacial score (nSPS) is 11.9. The van der Waals surface area contributed by atoms with Crippen LogP contribution in [0.1, 0.15) is 26.2 Å². The number of halogens is 1. The first-order valence-corrected chi connectivity index (χ1v) is 8.72. The largest absolute Gasteiger partial charge is 0.396 e. The highest BCUT2D eigenvalue weighted by molar-refractivity contribution is 7.89. The molecule has 120 valence electrons. The number of pyridine rings is 1. The lowest BCUT2D eigenvalue weighted by atomic mass is 10.2. The summed E-state index contributed by atoms with van der Waals surface area (Å²) in [5, 5.41) is 11.9. The van der Waals surface area contributed by atoms with Crippen LogP contribution in [0, 0.1) is 0 Å². The molecule has 0 unspecified atom stereocenters. The van der Waals surface area contributed by atoms with E-state index in [-0.39, 0.29) is 16.5 Å². The third-order valence-corrected chi connectivity index (χ3v) is 5.11. The highest BCUT2D eigenvalue weighted by Gasteiger charge is 2.21. The molecular formula is C13H22ClN3O3S. The summed E-state index contributed by atoms with van der Waals surface area (Å²) in [4.78, 5) is 4.13. The van der Waals surface area contributed by atoms with Crippen molar-refractivity contribution in [1.29, 1.82) is 0 Å². The van der Waals surface area contributed by atoms with Crippen molar-refractivity contribution in [2.45, 2.75) is 31.1 Å². The topological polar surface area (TPSA) is 82.5 Å². The summed E-state index contributed by atoms with van der Waals surface area (Å²) in [6, 6.07) is 1.41. The zero-order valence-corrected chi connectivity index (χ0v) is 13.9. The Balaban J connectivity index is 2.79. The third kappa shape index (κ3) is 5.10. The third-order valence-electron chi connectivity index (χ3n) is 3.00. The predicted molar refractivity (Wildman–Crippen MR) is 84.2 cm³/mol. The quantitative estimate of drug-likeness (QED) is 0.674. The fourth-order valence-electron chi connectivity index (χ4n) is 1.78. The molecule has 0 saturated heterocycles. The van der Waals surface area contributed by atoms with E-state index in [1.807, 2.05) is 6.92 Å². The molecule has 0 aliphatic carbocycles. The molecule has 1 heterocycles. The number of aromatic nitrogens is 1. The number of rotatable bonds is 9. The molecule has 0 spiro atoms. The molecule has 1 rings (SSSR count). The minimum absolute atomic E-state index is 0.0822. The van der Waals surface area contributed by atoms with Crippen LogP contribution in [0.15, 0.2) is 17.2 Å². The summed E-state index contributed by atoms with van der Waals surface area (Å²) < 4.78 is 26.0. The number of hydrogen-bond acceptors (Lipinski definition) is 5. The minimum Gasteiger partial charge on any atom is -0.396 e. The number of anilines is 1. The van der Waals surface area contributed by atoms with Gasteiger partial charge < -0.3 is 10.4 Å². The Bertz CT molecular complexity index is 552. The number of nitrogens with one attached hydrogen (secondary N) is 1. The molecule has 0 fully saturated rings. The van der Waals surface area contributed by atoms with Gasteiger partial charge in [0.1, 0.15) is 10.7 Å². The van der Waals surface area contributed by atoms with Crippen LogP contribution < -0.4 is 5.32 Å². The van der Waals surface area contributed by atoms with E-state index in [0.717, 1.165) is 6.42 Å². The van der Waals surface area contributed by atoms with Gasteiger partial charge in [0, 0.05) is 32.9 Å². The standard InChI is InChI=1S/C13H22ClN3O3S/c1-3-15-13-12(14)9-11(10-16-13)21(19,20)17(2)7-5-4-6-8-18/h9-10,18H,3-8H2,1-2H3,(H,15,16). The Labute approximate surface area is 131 Å². The molecule has 21 heavy (non-hydrogen) atoms. The maximum absolute atomic E-state index is 12.4. The maximum atomic E-state index is 12.4. The van der Waals surface area contributed by atoms with Crippen molar-refractivity contribution in [2.75, 3.05) is 32.1 Å². The van der Waals surface area contributed by atoms with Gasteiger partial charge in [0.05, 0.1) is 5.02 Å².